The number of sulfonamides is 1. The van der Waals surface area contributed by atoms with Gasteiger partial charge in [-0.3, -0.25) is 9.40 Å². The lowest BCUT2D eigenvalue weighted by Crippen LogP contribution is -2.15. The standard InChI is InChI=1S/C13H18N4O2S/c1-8-5-11(14)6-13(9(8)2)20(18,19)16-12-7-17(4)15-10(12)3/h5-7,16H,14H2,1-4H3. The highest BCUT2D eigenvalue weighted by Gasteiger charge is 2.20. The second kappa shape index (κ2) is 4.82. The summed E-state index contributed by atoms with van der Waals surface area (Å²) in [7, 11) is -1.94. The van der Waals surface area contributed by atoms with Gasteiger partial charge >= 0.3 is 0 Å². The van der Waals surface area contributed by atoms with E-state index in [4.69, 9.17) is 5.73 Å². The molecule has 0 aliphatic carbocycles. The molecule has 0 saturated carbocycles. The molecule has 1 aromatic carbocycles. The van der Waals surface area contributed by atoms with Crippen molar-refractivity contribution >= 4 is 21.4 Å². The molecule has 0 radical (unpaired) electrons. The van der Waals surface area contributed by atoms with Crippen LogP contribution in [0.1, 0.15) is 16.8 Å². The Morgan fingerprint density at radius 1 is 1.25 bits per heavy atom. The molecule has 0 aliphatic heterocycles. The third kappa shape index (κ3) is 2.62. The van der Waals surface area contributed by atoms with Crippen LogP contribution in [0, 0.1) is 20.8 Å². The number of hydrogen-bond acceptors (Lipinski definition) is 4. The van der Waals surface area contributed by atoms with E-state index in [2.05, 4.69) is 9.82 Å². The average Bonchev–Trinajstić information content (AvgIpc) is 2.61. The van der Waals surface area contributed by atoms with Crippen molar-refractivity contribution in [3.8, 4) is 0 Å². The van der Waals surface area contributed by atoms with E-state index in [1.54, 1.807) is 37.8 Å². The lowest BCUT2D eigenvalue weighted by atomic mass is 10.1. The minimum Gasteiger partial charge on any atom is -0.399 e. The Hall–Kier alpha value is -2.02. The zero-order chi connectivity index (χ0) is 15.1. The first kappa shape index (κ1) is 14.4. The van der Waals surface area contributed by atoms with Crippen LogP contribution in [-0.2, 0) is 17.1 Å². The summed E-state index contributed by atoms with van der Waals surface area (Å²) < 4.78 is 29.1. The Bertz CT molecular complexity index is 763. The van der Waals surface area contributed by atoms with E-state index in [0.717, 1.165) is 5.56 Å². The number of hydrogen-bond donors (Lipinski definition) is 2. The minimum atomic E-state index is -3.68. The fourth-order valence-corrected chi connectivity index (χ4v) is 3.49. The van der Waals surface area contributed by atoms with Crippen LogP contribution in [0.5, 0.6) is 0 Å². The minimum absolute atomic E-state index is 0.193. The molecule has 0 saturated heterocycles. The van der Waals surface area contributed by atoms with Gasteiger partial charge in [0.25, 0.3) is 10.0 Å². The molecule has 0 bridgehead atoms. The number of nitrogen functional groups attached to an aromatic ring is 1. The van der Waals surface area contributed by atoms with Gasteiger partial charge in [0.1, 0.15) is 0 Å². The molecular formula is C13H18N4O2S. The Labute approximate surface area is 118 Å². The fraction of sp³-hybridized carbons (Fsp3) is 0.308. The lowest BCUT2D eigenvalue weighted by molar-refractivity contribution is 0.600. The number of benzene rings is 1. The van der Waals surface area contributed by atoms with Gasteiger partial charge in [-0.15, -0.1) is 0 Å². The molecule has 0 amide bonds. The average molecular weight is 294 g/mol. The van der Waals surface area contributed by atoms with Gasteiger partial charge in [0.2, 0.25) is 0 Å². The van der Waals surface area contributed by atoms with Gasteiger partial charge in [-0.2, -0.15) is 5.10 Å². The molecule has 0 spiro atoms. The topological polar surface area (TPSA) is 90.0 Å². The summed E-state index contributed by atoms with van der Waals surface area (Å²) in [5, 5.41) is 4.11. The Morgan fingerprint density at radius 2 is 1.90 bits per heavy atom. The zero-order valence-electron chi connectivity index (χ0n) is 11.9. The van der Waals surface area contributed by atoms with Crippen molar-refractivity contribution in [3.63, 3.8) is 0 Å². The summed E-state index contributed by atoms with van der Waals surface area (Å²) in [5.74, 6) is 0. The van der Waals surface area contributed by atoms with Gasteiger partial charge in [-0.25, -0.2) is 8.42 Å². The lowest BCUT2D eigenvalue weighted by Gasteiger charge is -2.12. The van der Waals surface area contributed by atoms with Gasteiger partial charge in [-0.1, -0.05) is 0 Å². The number of aryl methyl sites for hydroxylation is 3. The second-order valence-corrected chi connectivity index (χ2v) is 6.52. The van der Waals surface area contributed by atoms with Crippen molar-refractivity contribution in [1.82, 2.24) is 9.78 Å². The van der Waals surface area contributed by atoms with Crippen LogP contribution >= 0.6 is 0 Å². The van der Waals surface area contributed by atoms with E-state index in [1.807, 2.05) is 6.92 Å². The van der Waals surface area contributed by atoms with Crippen molar-refractivity contribution in [3.05, 3.63) is 35.2 Å². The summed E-state index contributed by atoms with van der Waals surface area (Å²) in [6.45, 7) is 5.34. The second-order valence-electron chi connectivity index (χ2n) is 4.87. The van der Waals surface area contributed by atoms with E-state index in [1.165, 1.54) is 6.07 Å². The number of rotatable bonds is 3. The van der Waals surface area contributed by atoms with Crippen LogP contribution in [0.4, 0.5) is 11.4 Å². The third-order valence-electron chi connectivity index (χ3n) is 3.19. The molecule has 1 heterocycles. The molecule has 3 N–H and O–H groups in total. The van der Waals surface area contributed by atoms with E-state index in [0.29, 0.717) is 22.6 Å². The van der Waals surface area contributed by atoms with Crippen LogP contribution in [0.2, 0.25) is 0 Å². The first-order chi connectivity index (χ1) is 9.20. The van der Waals surface area contributed by atoms with Crippen molar-refractivity contribution in [2.75, 3.05) is 10.5 Å². The predicted octanol–water partition coefficient (Wildman–Crippen LogP) is 1.73. The Morgan fingerprint density at radius 3 is 2.45 bits per heavy atom. The maximum Gasteiger partial charge on any atom is 0.262 e. The number of nitrogens with zero attached hydrogens (tertiary/aromatic N) is 2. The number of nitrogens with one attached hydrogen (secondary N) is 1. The molecule has 0 fully saturated rings. The molecule has 108 valence electrons. The third-order valence-corrected chi connectivity index (χ3v) is 4.68. The molecule has 0 aliphatic rings. The van der Waals surface area contributed by atoms with Crippen LogP contribution in [0.25, 0.3) is 0 Å². The molecule has 20 heavy (non-hydrogen) atoms. The molecule has 0 unspecified atom stereocenters. The first-order valence-corrected chi connectivity index (χ1v) is 7.59. The van der Waals surface area contributed by atoms with Crippen LogP contribution in [-0.4, -0.2) is 18.2 Å². The molecule has 2 aromatic rings. The number of aromatic nitrogens is 2. The SMILES string of the molecule is Cc1cc(N)cc(S(=O)(=O)Nc2cn(C)nc2C)c1C. The normalized spacial score (nSPS) is 11.6. The van der Waals surface area contributed by atoms with Gasteiger partial charge < -0.3 is 5.73 Å². The molecular weight excluding hydrogens is 276 g/mol. The predicted molar refractivity (Wildman–Crippen MR) is 79.1 cm³/mol. The Kier molecular flexibility index (Phi) is 3.47. The highest BCUT2D eigenvalue weighted by molar-refractivity contribution is 7.92. The van der Waals surface area contributed by atoms with Gasteiger partial charge in [0.15, 0.2) is 0 Å². The quantitative estimate of drug-likeness (QED) is 0.844. The highest BCUT2D eigenvalue weighted by Crippen LogP contribution is 2.25. The summed E-state index contributed by atoms with van der Waals surface area (Å²) in [6.07, 6.45) is 1.63. The Balaban J connectivity index is 2.49. The number of anilines is 2. The highest BCUT2D eigenvalue weighted by atomic mass is 32.2. The maximum atomic E-state index is 12.5. The van der Waals surface area contributed by atoms with E-state index in [9.17, 15) is 8.42 Å². The van der Waals surface area contributed by atoms with Crippen LogP contribution in [0.3, 0.4) is 0 Å². The van der Waals surface area contributed by atoms with E-state index < -0.39 is 10.0 Å². The van der Waals surface area contributed by atoms with Crippen molar-refractivity contribution in [1.29, 1.82) is 0 Å². The molecule has 1 aromatic heterocycles. The van der Waals surface area contributed by atoms with Crippen LogP contribution in [0.15, 0.2) is 23.2 Å². The fourth-order valence-electron chi connectivity index (χ4n) is 2.03. The molecule has 0 atom stereocenters. The summed E-state index contributed by atoms with van der Waals surface area (Å²) in [4.78, 5) is 0.193. The van der Waals surface area contributed by atoms with Gasteiger partial charge in [0, 0.05) is 18.9 Å². The summed E-state index contributed by atoms with van der Waals surface area (Å²) >= 11 is 0. The number of nitrogens with two attached hydrogens (primary N) is 1. The van der Waals surface area contributed by atoms with Crippen molar-refractivity contribution in [2.45, 2.75) is 25.7 Å². The van der Waals surface area contributed by atoms with Crippen molar-refractivity contribution in [2.24, 2.45) is 7.05 Å². The molecule has 2 rings (SSSR count). The van der Waals surface area contributed by atoms with Gasteiger partial charge in [-0.05, 0) is 44.0 Å². The van der Waals surface area contributed by atoms with E-state index in [-0.39, 0.29) is 4.90 Å². The summed E-state index contributed by atoms with van der Waals surface area (Å²) in [6, 6.07) is 3.22. The zero-order valence-corrected chi connectivity index (χ0v) is 12.7. The molecule has 6 nitrogen and oxygen atoms in total. The summed E-state index contributed by atoms with van der Waals surface area (Å²) in [5.41, 5.74) is 8.78. The van der Waals surface area contributed by atoms with E-state index >= 15 is 0 Å². The smallest absolute Gasteiger partial charge is 0.262 e. The van der Waals surface area contributed by atoms with Crippen LogP contribution < -0.4 is 10.5 Å². The molecule has 7 heteroatoms. The first-order valence-electron chi connectivity index (χ1n) is 6.10. The largest absolute Gasteiger partial charge is 0.399 e. The van der Waals surface area contributed by atoms with Gasteiger partial charge in [0.05, 0.1) is 16.3 Å². The maximum absolute atomic E-state index is 12.5. The monoisotopic (exact) mass is 294 g/mol. The van der Waals surface area contributed by atoms with Crippen molar-refractivity contribution < 1.29 is 8.42 Å².